The molecule has 0 spiro atoms. The molecule has 1 heterocycles. The molecule has 1 saturated heterocycles. The van der Waals surface area contributed by atoms with Crippen LogP contribution in [0.3, 0.4) is 0 Å². The summed E-state index contributed by atoms with van der Waals surface area (Å²) in [5.74, 6) is 1.38. The van der Waals surface area contributed by atoms with Crippen LogP contribution in [0.4, 0.5) is 11.4 Å². The molecule has 0 saturated carbocycles. The van der Waals surface area contributed by atoms with Gasteiger partial charge >= 0.3 is 0 Å². The van der Waals surface area contributed by atoms with Crippen molar-refractivity contribution in [2.24, 2.45) is 0 Å². The van der Waals surface area contributed by atoms with E-state index < -0.39 is 0 Å². The zero-order valence-electron chi connectivity index (χ0n) is 16.9. The van der Waals surface area contributed by atoms with Crippen molar-refractivity contribution in [1.82, 2.24) is 0 Å². The summed E-state index contributed by atoms with van der Waals surface area (Å²) in [5, 5.41) is 0. The third-order valence-electron chi connectivity index (χ3n) is 4.40. The van der Waals surface area contributed by atoms with Crippen LogP contribution in [0, 0.1) is 0 Å². The van der Waals surface area contributed by atoms with Crippen LogP contribution in [-0.4, -0.2) is 45.7 Å². The number of carbonyl (C=O) groups is 1. The van der Waals surface area contributed by atoms with Crippen LogP contribution in [-0.2, 0) is 4.79 Å². The average Bonchev–Trinajstić information content (AvgIpc) is 3.00. The molecule has 0 atom stereocenters. The maximum absolute atomic E-state index is 13.0. The summed E-state index contributed by atoms with van der Waals surface area (Å²) in [6.45, 7) is 0. The molecule has 0 aliphatic carbocycles. The van der Waals surface area contributed by atoms with Crippen LogP contribution in [0.2, 0.25) is 0 Å². The highest BCUT2D eigenvalue weighted by Gasteiger charge is 2.33. The van der Waals surface area contributed by atoms with Gasteiger partial charge in [-0.25, -0.2) is 0 Å². The minimum absolute atomic E-state index is 0.161. The van der Waals surface area contributed by atoms with Crippen LogP contribution < -0.4 is 24.0 Å². The minimum atomic E-state index is -0.161. The first-order valence-electron chi connectivity index (χ1n) is 8.75. The number of carbonyl (C=O) groups excluding carboxylic acids is 1. The first-order chi connectivity index (χ1) is 13.9. The molecule has 0 radical (unpaired) electrons. The van der Waals surface area contributed by atoms with Gasteiger partial charge in [0.05, 0.1) is 31.9 Å². The van der Waals surface area contributed by atoms with Crippen molar-refractivity contribution in [1.29, 1.82) is 0 Å². The summed E-state index contributed by atoms with van der Waals surface area (Å²) >= 11 is 6.73. The molecule has 0 unspecified atom stereocenters. The van der Waals surface area contributed by atoms with Gasteiger partial charge < -0.3 is 19.1 Å². The Morgan fingerprint density at radius 2 is 1.59 bits per heavy atom. The Balaban J connectivity index is 1.94. The molecule has 0 bridgehead atoms. The lowest BCUT2D eigenvalue weighted by molar-refractivity contribution is -0.113. The second-order valence-corrected chi connectivity index (χ2v) is 8.06. The predicted octanol–water partition coefficient (Wildman–Crippen LogP) is 4.18. The minimum Gasteiger partial charge on any atom is -0.493 e. The van der Waals surface area contributed by atoms with E-state index in [-0.39, 0.29) is 5.91 Å². The van der Waals surface area contributed by atoms with Gasteiger partial charge in [0.15, 0.2) is 15.8 Å². The molecule has 2 aromatic carbocycles. The number of anilines is 2. The van der Waals surface area contributed by atoms with Crippen molar-refractivity contribution in [3.05, 3.63) is 46.9 Å². The van der Waals surface area contributed by atoms with Gasteiger partial charge in [-0.2, -0.15) is 0 Å². The molecule has 6 nitrogen and oxygen atoms in total. The molecular weight excluding hydrogens is 408 g/mol. The zero-order valence-corrected chi connectivity index (χ0v) is 18.5. The first kappa shape index (κ1) is 21.0. The lowest BCUT2D eigenvalue weighted by Crippen LogP contribution is -2.27. The molecule has 1 amide bonds. The Bertz CT molecular complexity index is 946. The van der Waals surface area contributed by atoms with Gasteiger partial charge in [0.25, 0.3) is 5.91 Å². The van der Waals surface area contributed by atoms with Gasteiger partial charge in [0.2, 0.25) is 5.75 Å². The van der Waals surface area contributed by atoms with Crippen molar-refractivity contribution in [3.63, 3.8) is 0 Å². The standard InChI is InChI=1S/C21H22N2O4S2/c1-22(2)14-6-8-15(9-7-14)23-20(24)18(29-21(23)28)12-13-10-16(25-3)19(27-5)17(11-13)26-4/h6-12H,1-5H3. The predicted molar refractivity (Wildman–Crippen MR) is 123 cm³/mol. The topological polar surface area (TPSA) is 51.2 Å². The van der Waals surface area contributed by atoms with Crippen LogP contribution in [0.1, 0.15) is 5.56 Å². The summed E-state index contributed by atoms with van der Waals surface area (Å²) < 4.78 is 16.6. The van der Waals surface area contributed by atoms with Crippen molar-refractivity contribution in [2.75, 3.05) is 45.2 Å². The van der Waals surface area contributed by atoms with E-state index in [1.54, 1.807) is 44.4 Å². The molecule has 0 aromatic heterocycles. The van der Waals surface area contributed by atoms with Crippen molar-refractivity contribution in [3.8, 4) is 17.2 Å². The largest absolute Gasteiger partial charge is 0.493 e. The van der Waals surface area contributed by atoms with Crippen LogP contribution in [0.15, 0.2) is 41.3 Å². The number of hydrogen-bond acceptors (Lipinski definition) is 7. The SMILES string of the molecule is COc1cc(C=C2SC(=S)N(c3ccc(N(C)C)cc3)C2=O)cc(OC)c1OC. The Morgan fingerprint density at radius 1 is 1.00 bits per heavy atom. The third-order valence-corrected chi connectivity index (χ3v) is 5.70. The van der Waals surface area contributed by atoms with Crippen LogP contribution >= 0.6 is 24.0 Å². The normalized spacial score (nSPS) is 15.1. The number of ether oxygens (including phenoxy) is 3. The van der Waals surface area contributed by atoms with Crippen LogP contribution in [0.5, 0.6) is 17.2 Å². The third kappa shape index (κ3) is 4.18. The molecule has 3 rings (SSSR count). The highest BCUT2D eigenvalue weighted by atomic mass is 32.2. The van der Waals surface area contributed by atoms with Gasteiger partial charge in [-0.15, -0.1) is 0 Å². The molecule has 8 heteroatoms. The number of thioether (sulfide) groups is 1. The van der Waals surface area contributed by atoms with Gasteiger partial charge in [0.1, 0.15) is 0 Å². The number of benzene rings is 2. The molecule has 1 fully saturated rings. The summed E-state index contributed by atoms with van der Waals surface area (Å²) in [6, 6.07) is 11.3. The van der Waals surface area contributed by atoms with Crippen molar-refractivity contribution < 1.29 is 19.0 Å². The second-order valence-electron chi connectivity index (χ2n) is 6.39. The average molecular weight is 431 g/mol. The van der Waals surface area contributed by atoms with E-state index in [9.17, 15) is 4.79 Å². The highest BCUT2D eigenvalue weighted by Crippen LogP contribution is 2.41. The number of amides is 1. The Labute approximate surface area is 180 Å². The lowest BCUT2D eigenvalue weighted by atomic mass is 10.1. The molecule has 152 valence electrons. The lowest BCUT2D eigenvalue weighted by Gasteiger charge is -2.17. The van der Waals surface area contributed by atoms with E-state index in [2.05, 4.69) is 0 Å². The van der Waals surface area contributed by atoms with Gasteiger partial charge in [-0.3, -0.25) is 9.69 Å². The molecule has 1 aliphatic rings. The fourth-order valence-electron chi connectivity index (χ4n) is 2.93. The maximum Gasteiger partial charge on any atom is 0.270 e. The fourth-order valence-corrected chi connectivity index (χ4v) is 4.23. The number of rotatable bonds is 6. The Kier molecular flexibility index (Phi) is 6.34. The number of methoxy groups -OCH3 is 3. The molecule has 0 N–H and O–H groups in total. The van der Waals surface area contributed by atoms with E-state index in [1.165, 1.54) is 11.8 Å². The van der Waals surface area contributed by atoms with Gasteiger partial charge in [0, 0.05) is 19.8 Å². The summed E-state index contributed by atoms with van der Waals surface area (Å²) in [4.78, 5) is 17.1. The smallest absolute Gasteiger partial charge is 0.270 e. The fraction of sp³-hybridized carbons (Fsp3) is 0.238. The molecule has 29 heavy (non-hydrogen) atoms. The summed E-state index contributed by atoms with van der Waals surface area (Å²) in [7, 11) is 8.59. The van der Waals surface area contributed by atoms with Gasteiger partial charge in [-0.1, -0.05) is 24.0 Å². The second kappa shape index (κ2) is 8.75. The van der Waals surface area contributed by atoms with E-state index in [1.807, 2.05) is 43.3 Å². The number of nitrogens with zero attached hydrogens (tertiary/aromatic N) is 2. The van der Waals surface area contributed by atoms with Crippen molar-refractivity contribution in [2.45, 2.75) is 0 Å². The molecular formula is C21H22N2O4S2. The van der Waals surface area contributed by atoms with Crippen LogP contribution in [0.25, 0.3) is 6.08 Å². The molecule has 2 aromatic rings. The summed E-state index contributed by atoms with van der Waals surface area (Å²) in [6.07, 6.45) is 1.78. The van der Waals surface area contributed by atoms with E-state index in [4.69, 9.17) is 26.4 Å². The Hall–Kier alpha value is -2.71. The van der Waals surface area contributed by atoms with Crippen molar-refractivity contribution >= 4 is 51.7 Å². The Morgan fingerprint density at radius 3 is 2.07 bits per heavy atom. The van der Waals surface area contributed by atoms with E-state index >= 15 is 0 Å². The maximum atomic E-state index is 13.0. The molecule has 1 aliphatic heterocycles. The zero-order chi connectivity index (χ0) is 21.1. The number of thiocarbonyl (C=S) groups is 1. The summed E-state index contributed by atoms with van der Waals surface area (Å²) in [5.41, 5.74) is 2.54. The highest BCUT2D eigenvalue weighted by molar-refractivity contribution is 8.27. The number of hydrogen-bond donors (Lipinski definition) is 0. The monoisotopic (exact) mass is 430 g/mol. The quantitative estimate of drug-likeness (QED) is 0.503. The van der Waals surface area contributed by atoms with E-state index in [0.29, 0.717) is 26.5 Å². The van der Waals surface area contributed by atoms with E-state index in [0.717, 1.165) is 16.9 Å². The first-order valence-corrected chi connectivity index (χ1v) is 9.97. The van der Waals surface area contributed by atoms with Gasteiger partial charge in [-0.05, 0) is 48.0 Å².